The van der Waals surface area contributed by atoms with Gasteiger partial charge in [-0.3, -0.25) is 0 Å². The molecule has 2 atom stereocenters. The van der Waals surface area contributed by atoms with Crippen molar-refractivity contribution in [2.75, 3.05) is 13.1 Å². The lowest BCUT2D eigenvalue weighted by molar-refractivity contribution is 0.0625. The van der Waals surface area contributed by atoms with E-state index in [1.807, 2.05) is 37.3 Å². The number of aliphatic hydroxyl groups excluding tert-OH is 1. The van der Waals surface area contributed by atoms with Crippen molar-refractivity contribution in [3.05, 3.63) is 35.9 Å². The molecule has 112 valence electrons. The summed E-state index contributed by atoms with van der Waals surface area (Å²) in [5, 5.41) is 9.78. The molecule has 1 amide bonds. The minimum absolute atomic E-state index is 0.194. The Labute approximate surface area is 120 Å². The summed E-state index contributed by atoms with van der Waals surface area (Å²) in [4.78, 5) is 13.5. The SMILES string of the molecule is CCCN(CC(O)[C@@H](C)N)C(=O)OCc1ccccc1. The molecule has 0 bridgehead atoms. The van der Waals surface area contributed by atoms with Gasteiger partial charge in [0.15, 0.2) is 0 Å². The minimum atomic E-state index is -0.745. The molecule has 0 aliphatic heterocycles. The summed E-state index contributed by atoms with van der Waals surface area (Å²) in [6.45, 7) is 4.64. The second-order valence-electron chi connectivity index (χ2n) is 4.91. The molecule has 0 heterocycles. The van der Waals surface area contributed by atoms with E-state index in [2.05, 4.69) is 0 Å². The second kappa shape index (κ2) is 8.55. The van der Waals surface area contributed by atoms with Gasteiger partial charge in [0.1, 0.15) is 6.61 Å². The summed E-state index contributed by atoms with van der Waals surface area (Å²) in [5.74, 6) is 0. The molecule has 0 fully saturated rings. The zero-order valence-electron chi connectivity index (χ0n) is 12.2. The number of carbonyl (C=O) groups is 1. The largest absolute Gasteiger partial charge is 0.445 e. The van der Waals surface area contributed by atoms with E-state index in [1.165, 1.54) is 4.90 Å². The molecule has 0 saturated carbocycles. The van der Waals surface area contributed by atoms with Crippen LogP contribution < -0.4 is 5.73 Å². The summed E-state index contributed by atoms with van der Waals surface area (Å²) >= 11 is 0. The molecule has 0 radical (unpaired) electrons. The topological polar surface area (TPSA) is 75.8 Å². The third-order valence-electron chi connectivity index (χ3n) is 2.97. The lowest BCUT2D eigenvalue weighted by Crippen LogP contribution is -2.44. The Morgan fingerprint density at radius 2 is 2.05 bits per heavy atom. The molecule has 5 nitrogen and oxygen atoms in total. The molecular weight excluding hydrogens is 256 g/mol. The average Bonchev–Trinajstić information content (AvgIpc) is 2.45. The Morgan fingerprint density at radius 3 is 2.60 bits per heavy atom. The molecule has 1 aromatic rings. The first kappa shape index (κ1) is 16.5. The van der Waals surface area contributed by atoms with Crippen molar-refractivity contribution in [2.24, 2.45) is 5.73 Å². The van der Waals surface area contributed by atoms with Crippen molar-refractivity contribution in [1.29, 1.82) is 0 Å². The molecule has 20 heavy (non-hydrogen) atoms. The van der Waals surface area contributed by atoms with E-state index in [-0.39, 0.29) is 19.2 Å². The molecule has 0 aliphatic rings. The van der Waals surface area contributed by atoms with Gasteiger partial charge in [0.05, 0.1) is 12.6 Å². The Kier molecular flexibility index (Phi) is 7.04. The van der Waals surface area contributed by atoms with Crippen LogP contribution in [0, 0.1) is 0 Å². The standard InChI is InChI=1S/C15H24N2O3/c1-3-9-17(10-14(18)12(2)16)15(19)20-11-13-7-5-4-6-8-13/h4-8,12,14,18H,3,9-11,16H2,1-2H3/t12-,14?/m1/s1. The lowest BCUT2D eigenvalue weighted by atomic mass is 10.2. The number of carbonyl (C=O) groups excluding carboxylic acids is 1. The van der Waals surface area contributed by atoms with E-state index in [9.17, 15) is 9.90 Å². The highest BCUT2D eigenvalue weighted by Crippen LogP contribution is 2.05. The van der Waals surface area contributed by atoms with Crippen LogP contribution in [0.2, 0.25) is 0 Å². The third kappa shape index (κ3) is 5.59. The molecule has 1 rings (SSSR count). The normalized spacial score (nSPS) is 13.6. The fourth-order valence-electron chi connectivity index (χ4n) is 1.73. The van der Waals surface area contributed by atoms with Crippen molar-refractivity contribution >= 4 is 6.09 Å². The lowest BCUT2D eigenvalue weighted by Gasteiger charge is -2.25. The molecular formula is C15H24N2O3. The summed E-state index contributed by atoms with van der Waals surface area (Å²) < 4.78 is 5.26. The predicted octanol–water partition coefficient (Wildman–Crippen LogP) is 1.74. The zero-order valence-corrected chi connectivity index (χ0v) is 12.2. The van der Waals surface area contributed by atoms with Gasteiger partial charge in [0.25, 0.3) is 0 Å². The Bertz CT molecular complexity index is 395. The van der Waals surface area contributed by atoms with Gasteiger partial charge in [-0.2, -0.15) is 0 Å². The van der Waals surface area contributed by atoms with Gasteiger partial charge < -0.3 is 20.5 Å². The van der Waals surface area contributed by atoms with E-state index in [4.69, 9.17) is 10.5 Å². The highest BCUT2D eigenvalue weighted by atomic mass is 16.6. The van der Waals surface area contributed by atoms with Crippen LogP contribution in [-0.2, 0) is 11.3 Å². The van der Waals surface area contributed by atoms with Crippen molar-refractivity contribution in [1.82, 2.24) is 4.90 Å². The van der Waals surface area contributed by atoms with E-state index in [1.54, 1.807) is 6.92 Å². The summed E-state index contributed by atoms with van der Waals surface area (Å²) in [6.07, 6.45) is -0.368. The maximum Gasteiger partial charge on any atom is 0.410 e. The van der Waals surface area contributed by atoms with Gasteiger partial charge in [-0.05, 0) is 18.9 Å². The predicted molar refractivity (Wildman–Crippen MR) is 78.1 cm³/mol. The number of hydrogen-bond donors (Lipinski definition) is 2. The third-order valence-corrected chi connectivity index (χ3v) is 2.97. The maximum atomic E-state index is 12.0. The van der Waals surface area contributed by atoms with Crippen LogP contribution in [-0.4, -0.2) is 41.3 Å². The smallest absolute Gasteiger partial charge is 0.410 e. The monoisotopic (exact) mass is 280 g/mol. The van der Waals surface area contributed by atoms with Gasteiger partial charge in [0, 0.05) is 12.6 Å². The Morgan fingerprint density at radius 1 is 1.40 bits per heavy atom. The van der Waals surface area contributed by atoms with Crippen LogP contribution in [0.3, 0.4) is 0 Å². The van der Waals surface area contributed by atoms with Gasteiger partial charge >= 0.3 is 6.09 Å². The number of benzene rings is 1. The van der Waals surface area contributed by atoms with E-state index in [0.29, 0.717) is 6.54 Å². The van der Waals surface area contributed by atoms with Crippen LogP contribution in [0.1, 0.15) is 25.8 Å². The highest BCUT2D eigenvalue weighted by molar-refractivity contribution is 5.67. The summed E-state index contributed by atoms with van der Waals surface area (Å²) in [7, 11) is 0. The molecule has 1 aromatic carbocycles. The molecule has 1 unspecified atom stereocenters. The van der Waals surface area contributed by atoms with E-state index >= 15 is 0 Å². The maximum absolute atomic E-state index is 12.0. The van der Waals surface area contributed by atoms with Crippen LogP contribution in [0.4, 0.5) is 4.79 Å². The van der Waals surface area contributed by atoms with Crippen molar-refractivity contribution in [2.45, 2.75) is 39.0 Å². The van der Waals surface area contributed by atoms with Crippen molar-refractivity contribution < 1.29 is 14.6 Å². The van der Waals surface area contributed by atoms with Gasteiger partial charge in [-0.15, -0.1) is 0 Å². The average molecular weight is 280 g/mol. The number of aliphatic hydroxyl groups is 1. The number of ether oxygens (including phenoxy) is 1. The number of nitrogens with zero attached hydrogens (tertiary/aromatic N) is 1. The van der Waals surface area contributed by atoms with Crippen molar-refractivity contribution in [3.63, 3.8) is 0 Å². The van der Waals surface area contributed by atoms with Gasteiger partial charge in [-0.1, -0.05) is 37.3 Å². The molecule has 0 aromatic heterocycles. The fourth-order valence-corrected chi connectivity index (χ4v) is 1.73. The quantitative estimate of drug-likeness (QED) is 0.797. The molecule has 0 spiro atoms. The minimum Gasteiger partial charge on any atom is -0.445 e. The van der Waals surface area contributed by atoms with Gasteiger partial charge in [-0.25, -0.2) is 4.79 Å². The Hall–Kier alpha value is -1.59. The van der Waals surface area contributed by atoms with Crippen LogP contribution in [0.25, 0.3) is 0 Å². The first-order valence-corrected chi connectivity index (χ1v) is 6.93. The number of nitrogens with two attached hydrogens (primary N) is 1. The van der Waals surface area contributed by atoms with E-state index in [0.717, 1.165) is 12.0 Å². The van der Waals surface area contributed by atoms with Crippen LogP contribution in [0.5, 0.6) is 0 Å². The van der Waals surface area contributed by atoms with Crippen molar-refractivity contribution in [3.8, 4) is 0 Å². The molecule has 0 saturated heterocycles. The Balaban J connectivity index is 2.51. The fraction of sp³-hybridized carbons (Fsp3) is 0.533. The number of amides is 1. The van der Waals surface area contributed by atoms with Crippen LogP contribution in [0.15, 0.2) is 30.3 Å². The summed E-state index contributed by atoms with van der Waals surface area (Å²) in [6, 6.07) is 9.12. The first-order chi connectivity index (χ1) is 9.54. The van der Waals surface area contributed by atoms with Crippen LogP contribution >= 0.6 is 0 Å². The highest BCUT2D eigenvalue weighted by Gasteiger charge is 2.20. The second-order valence-corrected chi connectivity index (χ2v) is 4.91. The molecule has 3 N–H and O–H groups in total. The first-order valence-electron chi connectivity index (χ1n) is 6.93. The number of rotatable bonds is 7. The van der Waals surface area contributed by atoms with E-state index < -0.39 is 12.2 Å². The molecule has 0 aliphatic carbocycles. The van der Waals surface area contributed by atoms with Gasteiger partial charge in [0.2, 0.25) is 0 Å². The zero-order chi connectivity index (χ0) is 15.0. The number of hydrogen-bond acceptors (Lipinski definition) is 4. The summed E-state index contributed by atoms with van der Waals surface area (Å²) in [5.41, 5.74) is 6.55. The molecule has 5 heteroatoms.